The van der Waals surface area contributed by atoms with Crippen molar-refractivity contribution in [2.24, 2.45) is 0 Å². The number of aryl methyl sites for hydroxylation is 1. The van der Waals surface area contributed by atoms with Gasteiger partial charge < -0.3 is 10.6 Å². The van der Waals surface area contributed by atoms with Crippen LogP contribution in [-0.4, -0.2) is 33.8 Å². The number of nitrogens with one attached hydrogen (secondary N) is 2. The molecule has 1 aliphatic rings. The molecule has 22 heavy (non-hydrogen) atoms. The summed E-state index contributed by atoms with van der Waals surface area (Å²) in [5.74, 6) is 0.0333. The van der Waals surface area contributed by atoms with Crippen LogP contribution in [0.4, 0.5) is 0 Å². The predicted octanol–water partition coefficient (Wildman–Crippen LogP) is 1.30. The summed E-state index contributed by atoms with van der Waals surface area (Å²) >= 11 is 1.66. The Bertz CT molecular complexity index is 616. The molecule has 0 spiro atoms. The van der Waals surface area contributed by atoms with Gasteiger partial charge in [0.15, 0.2) is 0 Å². The van der Waals surface area contributed by atoms with E-state index in [1.165, 1.54) is 4.88 Å². The predicted molar refractivity (Wildman–Crippen MR) is 85.6 cm³/mol. The number of thiazole rings is 1. The van der Waals surface area contributed by atoms with E-state index in [0.717, 1.165) is 37.4 Å². The third kappa shape index (κ3) is 2.91. The first-order valence-corrected chi connectivity index (χ1v) is 8.49. The molecule has 0 aromatic carbocycles. The van der Waals surface area contributed by atoms with E-state index in [1.54, 1.807) is 17.5 Å². The molecule has 0 radical (unpaired) electrons. The van der Waals surface area contributed by atoms with Gasteiger partial charge >= 0.3 is 0 Å². The Morgan fingerprint density at radius 3 is 2.95 bits per heavy atom. The van der Waals surface area contributed by atoms with Crippen LogP contribution in [0.15, 0.2) is 24.7 Å². The third-order valence-electron chi connectivity index (χ3n) is 4.15. The summed E-state index contributed by atoms with van der Waals surface area (Å²) in [4.78, 5) is 18.4. The highest BCUT2D eigenvalue weighted by Crippen LogP contribution is 2.27. The largest absolute Gasteiger partial charge is 0.347 e. The minimum atomic E-state index is -0.584. The molecule has 118 valence electrons. The average Bonchev–Trinajstić information content (AvgIpc) is 3.24. The fourth-order valence-electron chi connectivity index (χ4n) is 2.84. The smallest absolute Gasteiger partial charge is 0.248 e. The van der Waals surface area contributed by atoms with Gasteiger partial charge in [0.05, 0.1) is 6.54 Å². The molecular weight excluding hydrogens is 298 g/mol. The highest BCUT2D eigenvalue weighted by Gasteiger charge is 2.41. The van der Waals surface area contributed by atoms with Crippen LogP contribution in [0.3, 0.4) is 0 Å². The SMILES string of the molecule is CCc1cnc(CNC(=O)C2(n3cccn3)CCNCC2)s1. The monoisotopic (exact) mass is 319 g/mol. The Balaban J connectivity index is 1.72. The average molecular weight is 319 g/mol. The Labute approximate surface area is 133 Å². The van der Waals surface area contributed by atoms with Crippen molar-refractivity contribution in [1.29, 1.82) is 0 Å². The molecule has 2 aromatic rings. The molecule has 1 saturated heterocycles. The van der Waals surface area contributed by atoms with Crippen molar-refractivity contribution in [2.75, 3.05) is 13.1 Å². The van der Waals surface area contributed by atoms with E-state index in [4.69, 9.17) is 0 Å². The number of hydrogen-bond acceptors (Lipinski definition) is 5. The Morgan fingerprint density at radius 2 is 2.32 bits per heavy atom. The van der Waals surface area contributed by atoms with Gasteiger partial charge in [-0.2, -0.15) is 5.10 Å². The van der Waals surface area contributed by atoms with Gasteiger partial charge in [0, 0.05) is 23.5 Å². The summed E-state index contributed by atoms with van der Waals surface area (Å²) in [6.45, 7) is 4.24. The molecule has 1 amide bonds. The van der Waals surface area contributed by atoms with Crippen molar-refractivity contribution < 1.29 is 4.79 Å². The first kappa shape index (κ1) is 15.2. The number of amides is 1. The van der Waals surface area contributed by atoms with Gasteiger partial charge in [0.25, 0.3) is 0 Å². The molecule has 3 rings (SSSR count). The number of carbonyl (C=O) groups is 1. The van der Waals surface area contributed by atoms with E-state index in [0.29, 0.717) is 6.54 Å². The van der Waals surface area contributed by atoms with E-state index in [-0.39, 0.29) is 5.91 Å². The summed E-state index contributed by atoms with van der Waals surface area (Å²) in [5, 5.41) is 11.6. The van der Waals surface area contributed by atoms with Gasteiger partial charge in [-0.15, -0.1) is 11.3 Å². The summed E-state index contributed by atoms with van der Waals surface area (Å²) in [7, 11) is 0. The van der Waals surface area contributed by atoms with Crippen LogP contribution in [0, 0.1) is 0 Å². The van der Waals surface area contributed by atoms with Crippen molar-refractivity contribution in [3.8, 4) is 0 Å². The maximum Gasteiger partial charge on any atom is 0.248 e. The molecule has 2 aromatic heterocycles. The number of piperidine rings is 1. The van der Waals surface area contributed by atoms with Crippen molar-refractivity contribution in [1.82, 2.24) is 25.4 Å². The highest BCUT2D eigenvalue weighted by molar-refractivity contribution is 7.11. The summed E-state index contributed by atoms with van der Waals surface area (Å²) < 4.78 is 1.81. The van der Waals surface area contributed by atoms with Crippen LogP contribution in [0.1, 0.15) is 29.7 Å². The van der Waals surface area contributed by atoms with Gasteiger partial charge in [-0.1, -0.05) is 6.92 Å². The van der Waals surface area contributed by atoms with E-state index < -0.39 is 5.54 Å². The lowest BCUT2D eigenvalue weighted by Crippen LogP contribution is -2.54. The van der Waals surface area contributed by atoms with Gasteiger partial charge in [0.1, 0.15) is 10.5 Å². The zero-order valence-corrected chi connectivity index (χ0v) is 13.5. The summed E-state index contributed by atoms with van der Waals surface area (Å²) in [5.41, 5.74) is -0.584. The van der Waals surface area contributed by atoms with Crippen LogP contribution < -0.4 is 10.6 Å². The van der Waals surface area contributed by atoms with Crippen LogP contribution in [-0.2, 0) is 23.3 Å². The van der Waals surface area contributed by atoms with Gasteiger partial charge in [0.2, 0.25) is 5.91 Å². The summed E-state index contributed by atoms with van der Waals surface area (Å²) in [6.07, 6.45) is 7.97. The minimum Gasteiger partial charge on any atom is -0.347 e. The van der Waals surface area contributed by atoms with Crippen molar-refractivity contribution in [3.63, 3.8) is 0 Å². The molecule has 0 saturated carbocycles. The molecule has 3 heterocycles. The molecule has 0 atom stereocenters. The van der Waals surface area contributed by atoms with E-state index >= 15 is 0 Å². The molecule has 1 aliphatic heterocycles. The van der Waals surface area contributed by atoms with Crippen LogP contribution >= 0.6 is 11.3 Å². The van der Waals surface area contributed by atoms with Crippen molar-refractivity contribution in [2.45, 2.75) is 38.3 Å². The fourth-order valence-corrected chi connectivity index (χ4v) is 3.64. The Hall–Kier alpha value is -1.73. The Morgan fingerprint density at radius 1 is 1.50 bits per heavy atom. The second-order valence-corrected chi connectivity index (χ2v) is 6.69. The topological polar surface area (TPSA) is 71.8 Å². The first-order chi connectivity index (χ1) is 10.7. The first-order valence-electron chi connectivity index (χ1n) is 7.67. The number of nitrogens with zero attached hydrogens (tertiary/aromatic N) is 3. The van der Waals surface area contributed by atoms with Crippen LogP contribution in [0.2, 0.25) is 0 Å². The molecule has 0 aliphatic carbocycles. The molecule has 7 heteroatoms. The van der Waals surface area contributed by atoms with Crippen LogP contribution in [0.5, 0.6) is 0 Å². The lowest BCUT2D eigenvalue weighted by molar-refractivity contribution is -0.132. The maximum atomic E-state index is 12.8. The molecule has 2 N–H and O–H groups in total. The fraction of sp³-hybridized carbons (Fsp3) is 0.533. The minimum absolute atomic E-state index is 0.0333. The highest BCUT2D eigenvalue weighted by atomic mass is 32.1. The van der Waals surface area contributed by atoms with Crippen molar-refractivity contribution >= 4 is 17.2 Å². The van der Waals surface area contributed by atoms with Crippen molar-refractivity contribution in [3.05, 3.63) is 34.5 Å². The quantitative estimate of drug-likeness (QED) is 0.871. The van der Waals surface area contributed by atoms with Crippen LogP contribution in [0.25, 0.3) is 0 Å². The van der Waals surface area contributed by atoms with E-state index in [9.17, 15) is 4.79 Å². The maximum absolute atomic E-state index is 12.8. The zero-order valence-electron chi connectivity index (χ0n) is 12.7. The van der Waals surface area contributed by atoms with E-state index in [2.05, 4.69) is 27.6 Å². The Kier molecular flexibility index (Phi) is 4.54. The molecule has 0 unspecified atom stereocenters. The summed E-state index contributed by atoms with van der Waals surface area (Å²) in [6, 6.07) is 1.87. The third-order valence-corrected chi connectivity index (χ3v) is 5.29. The number of rotatable bonds is 5. The van der Waals surface area contributed by atoms with Gasteiger partial charge in [-0.25, -0.2) is 4.98 Å². The normalized spacial score (nSPS) is 17.3. The van der Waals surface area contributed by atoms with E-state index in [1.807, 2.05) is 23.1 Å². The lowest BCUT2D eigenvalue weighted by atomic mass is 9.87. The second kappa shape index (κ2) is 6.58. The van der Waals surface area contributed by atoms with Gasteiger partial charge in [-0.3, -0.25) is 9.48 Å². The molecule has 6 nitrogen and oxygen atoms in total. The zero-order chi connectivity index (χ0) is 15.4. The number of hydrogen-bond donors (Lipinski definition) is 2. The molecule has 0 bridgehead atoms. The molecule has 1 fully saturated rings. The second-order valence-electron chi connectivity index (χ2n) is 5.49. The number of aromatic nitrogens is 3. The number of carbonyl (C=O) groups excluding carboxylic acids is 1. The molecular formula is C15H21N5OS. The lowest BCUT2D eigenvalue weighted by Gasteiger charge is -2.36. The standard InChI is InChI=1S/C15H21N5OS/c1-2-12-10-17-13(22-12)11-18-14(21)15(4-7-16-8-5-15)20-9-3-6-19-20/h3,6,9-10,16H,2,4-5,7-8,11H2,1H3,(H,18,21). The van der Waals surface area contributed by atoms with Gasteiger partial charge in [-0.05, 0) is 38.4 Å².